The molecular weight excluding hydrogens is 419 g/mol. The van der Waals surface area contributed by atoms with Crippen molar-refractivity contribution in [2.75, 3.05) is 13.2 Å². The fraction of sp³-hybridized carbons (Fsp3) is 0.739. The summed E-state index contributed by atoms with van der Waals surface area (Å²) in [7, 11) is 0. The normalized spacial score (nSPS) is 30.9. The predicted octanol–water partition coefficient (Wildman–Crippen LogP) is 6.71. The van der Waals surface area contributed by atoms with Gasteiger partial charge in [-0.25, -0.2) is 8.78 Å². The first-order valence-corrected chi connectivity index (χ1v) is 11.3. The lowest BCUT2D eigenvalue weighted by molar-refractivity contribution is -0.276. The molecule has 1 heterocycles. The van der Waals surface area contributed by atoms with Crippen LogP contribution < -0.4 is 4.74 Å². The molecule has 2 saturated carbocycles. The molecule has 3 fully saturated rings. The number of hydrogen-bond acceptors (Lipinski definition) is 3. The van der Waals surface area contributed by atoms with E-state index in [-0.39, 0.29) is 18.1 Å². The van der Waals surface area contributed by atoms with Crippen LogP contribution in [0.3, 0.4) is 0 Å². The van der Waals surface area contributed by atoms with Gasteiger partial charge in [-0.3, -0.25) is 0 Å². The Balaban J connectivity index is 1.29. The Hall–Kier alpha value is -1.41. The van der Waals surface area contributed by atoms with Gasteiger partial charge in [0.05, 0.1) is 13.2 Å². The Morgan fingerprint density at radius 1 is 0.742 bits per heavy atom. The third-order valence-electron chi connectivity index (χ3n) is 7.13. The molecule has 174 valence electrons. The van der Waals surface area contributed by atoms with E-state index >= 15 is 0 Å². The molecule has 1 saturated heterocycles. The second-order valence-electron chi connectivity index (χ2n) is 9.17. The Bertz CT molecular complexity index is 708. The van der Waals surface area contributed by atoms with Crippen molar-refractivity contribution >= 4 is 0 Å². The number of rotatable bonds is 4. The van der Waals surface area contributed by atoms with Gasteiger partial charge < -0.3 is 14.2 Å². The van der Waals surface area contributed by atoms with Crippen molar-refractivity contribution in [3.05, 3.63) is 29.3 Å². The van der Waals surface area contributed by atoms with E-state index in [0.717, 1.165) is 38.2 Å². The molecule has 0 atom stereocenters. The van der Waals surface area contributed by atoms with Crippen molar-refractivity contribution < 1.29 is 36.2 Å². The molecule has 1 aromatic rings. The minimum atomic E-state index is -5.14. The molecular formula is C23H29F5O3. The van der Waals surface area contributed by atoms with Gasteiger partial charge in [0.1, 0.15) is 0 Å². The summed E-state index contributed by atoms with van der Waals surface area (Å²) in [5.41, 5.74) is 0.366. The molecule has 0 N–H and O–H groups in total. The quantitative estimate of drug-likeness (QED) is 0.480. The largest absolute Gasteiger partial charge is 0.573 e. The second kappa shape index (κ2) is 9.61. The van der Waals surface area contributed by atoms with E-state index in [4.69, 9.17) is 9.47 Å². The molecule has 0 radical (unpaired) electrons. The summed E-state index contributed by atoms with van der Waals surface area (Å²) in [6.45, 7) is 1.46. The summed E-state index contributed by atoms with van der Waals surface area (Å²) < 4.78 is 80.7. The lowest BCUT2D eigenvalue weighted by Crippen LogP contribution is -2.41. The summed E-state index contributed by atoms with van der Waals surface area (Å²) in [5, 5.41) is 0. The van der Waals surface area contributed by atoms with E-state index in [1.54, 1.807) is 0 Å². The van der Waals surface area contributed by atoms with Crippen LogP contribution in [0.1, 0.15) is 69.3 Å². The minimum Gasteiger partial charge on any atom is -0.399 e. The zero-order chi connectivity index (χ0) is 22.0. The molecule has 4 rings (SSSR count). The van der Waals surface area contributed by atoms with E-state index in [0.29, 0.717) is 30.2 Å². The van der Waals surface area contributed by atoms with E-state index in [2.05, 4.69) is 4.74 Å². The molecule has 0 bridgehead atoms. The van der Waals surface area contributed by atoms with Crippen molar-refractivity contribution in [2.45, 2.75) is 76.4 Å². The Morgan fingerprint density at radius 2 is 1.32 bits per heavy atom. The topological polar surface area (TPSA) is 27.7 Å². The second-order valence-corrected chi connectivity index (χ2v) is 9.17. The van der Waals surface area contributed by atoms with E-state index in [1.807, 2.05) is 0 Å². The monoisotopic (exact) mass is 448 g/mol. The van der Waals surface area contributed by atoms with Gasteiger partial charge in [-0.1, -0.05) is 32.1 Å². The highest BCUT2D eigenvalue weighted by molar-refractivity contribution is 5.33. The van der Waals surface area contributed by atoms with Crippen molar-refractivity contribution in [1.82, 2.24) is 0 Å². The molecule has 3 nitrogen and oxygen atoms in total. The Labute approximate surface area is 179 Å². The smallest absolute Gasteiger partial charge is 0.399 e. The lowest BCUT2D eigenvalue weighted by Gasteiger charge is -2.40. The summed E-state index contributed by atoms with van der Waals surface area (Å²) in [4.78, 5) is 0. The first kappa shape index (κ1) is 22.8. The van der Waals surface area contributed by atoms with Crippen molar-refractivity contribution in [2.24, 2.45) is 17.8 Å². The SMILES string of the molecule is Fc1cc(C2CCC(C3OCC(C4CCCCC4)CO3)CC2)cc(F)c1OC(F)(F)F. The zero-order valence-corrected chi connectivity index (χ0v) is 17.4. The van der Waals surface area contributed by atoms with Crippen LogP contribution in [0, 0.1) is 29.4 Å². The van der Waals surface area contributed by atoms with Crippen molar-refractivity contribution in [3.63, 3.8) is 0 Å². The van der Waals surface area contributed by atoms with Crippen LogP contribution in [0.5, 0.6) is 5.75 Å². The molecule has 8 heteroatoms. The number of hydrogen-bond donors (Lipinski definition) is 0. The fourth-order valence-corrected chi connectivity index (χ4v) is 5.44. The van der Waals surface area contributed by atoms with E-state index in [1.165, 1.54) is 32.1 Å². The molecule has 1 aliphatic heterocycles. The molecule has 31 heavy (non-hydrogen) atoms. The van der Waals surface area contributed by atoms with E-state index in [9.17, 15) is 22.0 Å². The molecule has 1 aromatic carbocycles. The average molecular weight is 448 g/mol. The van der Waals surface area contributed by atoms with Crippen molar-refractivity contribution in [3.8, 4) is 5.75 Å². The van der Waals surface area contributed by atoms with E-state index < -0.39 is 23.7 Å². The van der Waals surface area contributed by atoms with Gasteiger partial charge in [0.15, 0.2) is 17.9 Å². The van der Waals surface area contributed by atoms with Gasteiger partial charge in [-0.05, 0) is 55.2 Å². The maximum Gasteiger partial charge on any atom is 0.573 e. The zero-order valence-electron chi connectivity index (χ0n) is 17.4. The average Bonchev–Trinajstić information content (AvgIpc) is 2.76. The van der Waals surface area contributed by atoms with Gasteiger partial charge >= 0.3 is 6.36 Å². The highest BCUT2D eigenvalue weighted by atomic mass is 19.4. The highest BCUT2D eigenvalue weighted by Gasteiger charge is 2.37. The summed E-state index contributed by atoms with van der Waals surface area (Å²) in [5.74, 6) is -2.79. The maximum atomic E-state index is 14.0. The molecule has 2 aliphatic carbocycles. The number of alkyl halides is 3. The third kappa shape index (κ3) is 5.69. The minimum absolute atomic E-state index is 0.112. The van der Waals surface area contributed by atoms with Gasteiger partial charge in [0, 0.05) is 11.8 Å². The summed E-state index contributed by atoms with van der Waals surface area (Å²) >= 11 is 0. The molecule has 0 unspecified atom stereocenters. The lowest BCUT2D eigenvalue weighted by atomic mass is 9.77. The maximum absolute atomic E-state index is 14.0. The van der Waals surface area contributed by atoms with Crippen LogP contribution in [0.4, 0.5) is 22.0 Å². The Morgan fingerprint density at radius 3 is 1.87 bits per heavy atom. The first-order chi connectivity index (χ1) is 14.8. The summed E-state index contributed by atoms with van der Waals surface area (Å²) in [6.07, 6.45) is 3.97. The summed E-state index contributed by atoms with van der Waals surface area (Å²) in [6, 6.07) is 1.91. The molecule has 0 spiro atoms. The predicted molar refractivity (Wildman–Crippen MR) is 103 cm³/mol. The number of benzene rings is 1. The first-order valence-electron chi connectivity index (χ1n) is 11.3. The van der Waals surface area contributed by atoms with Crippen LogP contribution in [0.25, 0.3) is 0 Å². The van der Waals surface area contributed by atoms with Crippen LogP contribution in [0.2, 0.25) is 0 Å². The highest BCUT2D eigenvalue weighted by Crippen LogP contribution is 2.41. The van der Waals surface area contributed by atoms with Gasteiger partial charge in [0.25, 0.3) is 0 Å². The van der Waals surface area contributed by atoms with Gasteiger partial charge in [-0.2, -0.15) is 0 Å². The van der Waals surface area contributed by atoms with Crippen molar-refractivity contribution in [1.29, 1.82) is 0 Å². The molecule has 3 aliphatic rings. The van der Waals surface area contributed by atoms with Crippen LogP contribution in [0.15, 0.2) is 12.1 Å². The van der Waals surface area contributed by atoms with Crippen LogP contribution in [-0.4, -0.2) is 25.9 Å². The third-order valence-corrected chi connectivity index (χ3v) is 7.13. The molecule has 0 amide bonds. The fourth-order valence-electron chi connectivity index (χ4n) is 5.44. The number of halogens is 5. The van der Waals surface area contributed by atoms with Gasteiger partial charge in [0.2, 0.25) is 5.75 Å². The van der Waals surface area contributed by atoms with Crippen LogP contribution in [-0.2, 0) is 9.47 Å². The molecule has 0 aromatic heterocycles. The number of ether oxygens (including phenoxy) is 3. The Kier molecular flexibility index (Phi) is 7.06. The van der Waals surface area contributed by atoms with Gasteiger partial charge in [-0.15, -0.1) is 13.2 Å². The standard InChI is InChI=1S/C23H29F5O3/c24-19-10-17(11-20(25)21(19)31-23(26,27)28)15-6-8-16(9-7-15)22-29-12-18(13-30-22)14-4-2-1-3-5-14/h10-11,14-16,18,22H,1-9,12-13H2. The van der Waals surface area contributed by atoms with Crippen LogP contribution >= 0.6 is 0 Å².